The van der Waals surface area contributed by atoms with Crippen LogP contribution in [0.2, 0.25) is 0 Å². The van der Waals surface area contributed by atoms with Gasteiger partial charge in [-0.15, -0.1) is 11.3 Å². The lowest BCUT2D eigenvalue weighted by Crippen LogP contribution is -2.35. The summed E-state index contributed by atoms with van der Waals surface area (Å²) in [5.74, 6) is 0.866. The Hall–Kier alpha value is -0.980. The molecule has 5 nitrogen and oxygen atoms in total. The third kappa shape index (κ3) is 5.26. The lowest BCUT2D eigenvalue weighted by Gasteiger charge is -2.25. The Morgan fingerprint density at radius 1 is 1.33 bits per heavy atom. The van der Waals surface area contributed by atoms with Crippen molar-refractivity contribution in [1.82, 2.24) is 14.8 Å². The molecule has 0 spiro atoms. The molecule has 0 unspecified atom stereocenters. The van der Waals surface area contributed by atoms with Crippen molar-refractivity contribution in [1.29, 1.82) is 0 Å². The lowest BCUT2D eigenvalue weighted by atomic mass is 9.87. The second kappa shape index (κ2) is 8.92. The van der Waals surface area contributed by atoms with Gasteiger partial charge >= 0.3 is 0 Å². The van der Waals surface area contributed by atoms with Crippen LogP contribution in [0.15, 0.2) is 5.38 Å². The van der Waals surface area contributed by atoms with Crippen molar-refractivity contribution in [2.75, 3.05) is 33.4 Å². The van der Waals surface area contributed by atoms with Crippen molar-refractivity contribution >= 4 is 17.2 Å². The highest BCUT2D eigenvalue weighted by atomic mass is 32.1. The van der Waals surface area contributed by atoms with Gasteiger partial charge in [0.25, 0.3) is 0 Å². The molecule has 1 aromatic rings. The maximum Gasteiger partial charge on any atom is 0.222 e. The summed E-state index contributed by atoms with van der Waals surface area (Å²) in [5.41, 5.74) is 1.02. The zero-order valence-electron chi connectivity index (χ0n) is 14.7. The Kier molecular flexibility index (Phi) is 6.63. The third-order valence-electron chi connectivity index (χ3n) is 5.07. The second-order valence-corrected chi connectivity index (χ2v) is 8.02. The standard InChI is InChI=1S/C18H29N3O2S/c1-20(18(22)11-15-5-3-2-4-6-15)12-16-14-24-17(19-16)13-21-7-9-23-10-8-21/h14-15H,2-13H2,1H3. The highest BCUT2D eigenvalue weighted by molar-refractivity contribution is 7.09. The molecule has 1 aliphatic heterocycles. The van der Waals surface area contributed by atoms with Gasteiger partial charge in [-0.25, -0.2) is 4.98 Å². The molecule has 6 heteroatoms. The fourth-order valence-corrected chi connectivity index (χ4v) is 4.40. The van der Waals surface area contributed by atoms with Gasteiger partial charge in [-0.1, -0.05) is 19.3 Å². The Morgan fingerprint density at radius 3 is 2.83 bits per heavy atom. The molecule has 0 bridgehead atoms. The van der Waals surface area contributed by atoms with E-state index in [-0.39, 0.29) is 5.91 Å². The smallest absolute Gasteiger partial charge is 0.222 e. The summed E-state index contributed by atoms with van der Waals surface area (Å²) < 4.78 is 5.38. The molecule has 134 valence electrons. The van der Waals surface area contributed by atoms with Gasteiger partial charge in [0.05, 0.1) is 32.0 Å². The number of morpholine rings is 1. The Labute approximate surface area is 149 Å². The number of carbonyl (C=O) groups excluding carboxylic acids is 1. The number of aromatic nitrogens is 1. The molecular formula is C18H29N3O2S. The Bertz CT molecular complexity index is 522. The molecule has 1 aromatic heterocycles. The first-order chi connectivity index (χ1) is 11.7. The van der Waals surface area contributed by atoms with E-state index in [1.807, 2.05) is 11.9 Å². The van der Waals surface area contributed by atoms with Crippen LogP contribution in [0.5, 0.6) is 0 Å². The first kappa shape index (κ1) is 17.8. The minimum Gasteiger partial charge on any atom is -0.379 e. The minimum atomic E-state index is 0.268. The largest absolute Gasteiger partial charge is 0.379 e. The monoisotopic (exact) mass is 351 g/mol. The summed E-state index contributed by atoms with van der Waals surface area (Å²) in [4.78, 5) is 21.4. The molecule has 1 saturated heterocycles. The van der Waals surface area contributed by atoms with Gasteiger partial charge in [0, 0.05) is 31.9 Å². The van der Waals surface area contributed by atoms with Gasteiger partial charge in [-0.05, 0) is 18.8 Å². The van der Waals surface area contributed by atoms with Gasteiger partial charge in [0.1, 0.15) is 5.01 Å². The quantitative estimate of drug-likeness (QED) is 0.790. The summed E-state index contributed by atoms with van der Waals surface area (Å²) >= 11 is 1.70. The van der Waals surface area contributed by atoms with Gasteiger partial charge in [0.15, 0.2) is 0 Å². The van der Waals surface area contributed by atoms with Crippen LogP contribution >= 0.6 is 11.3 Å². The molecule has 0 aromatic carbocycles. The molecule has 1 saturated carbocycles. The molecule has 24 heavy (non-hydrogen) atoms. The van der Waals surface area contributed by atoms with Crippen LogP contribution in [0.3, 0.4) is 0 Å². The maximum absolute atomic E-state index is 12.4. The summed E-state index contributed by atoms with van der Waals surface area (Å²) in [6.45, 7) is 5.12. The SMILES string of the molecule is CN(Cc1csc(CN2CCOCC2)n1)C(=O)CC1CCCCC1. The van der Waals surface area contributed by atoms with Crippen LogP contribution in [-0.4, -0.2) is 54.0 Å². The summed E-state index contributed by atoms with van der Waals surface area (Å²) in [6.07, 6.45) is 7.07. The average molecular weight is 352 g/mol. The van der Waals surface area contributed by atoms with E-state index in [2.05, 4.69) is 10.3 Å². The highest BCUT2D eigenvalue weighted by Gasteiger charge is 2.20. The molecule has 0 radical (unpaired) electrons. The number of carbonyl (C=O) groups is 1. The zero-order valence-corrected chi connectivity index (χ0v) is 15.5. The predicted molar refractivity (Wildman–Crippen MR) is 95.9 cm³/mol. The van der Waals surface area contributed by atoms with Gasteiger partial charge in [-0.2, -0.15) is 0 Å². The first-order valence-electron chi connectivity index (χ1n) is 9.18. The molecule has 2 aliphatic rings. The number of amides is 1. The van der Waals surface area contributed by atoms with Crippen molar-refractivity contribution < 1.29 is 9.53 Å². The molecule has 2 fully saturated rings. The van der Waals surface area contributed by atoms with Gasteiger partial charge in [-0.3, -0.25) is 9.69 Å². The molecular weight excluding hydrogens is 322 g/mol. The third-order valence-corrected chi connectivity index (χ3v) is 5.96. The van der Waals surface area contributed by atoms with Gasteiger partial charge < -0.3 is 9.64 Å². The number of nitrogens with zero attached hydrogens (tertiary/aromatic N) is 3. The molecule has 3 rings (SSSR count). The van der Waals surface area contributed by atoms with E-state index < -0.39 is 0 Å². The summed E-state index contributed by atoms with van der Waals surface area (Å²) in [5, 5.41) is 3.24. The number of hydrogen-bond donors (Lipinski definition) is 0. The van der Waals surface area contributed by atoms with Crippen LogP contribution < -0.4 is 0 Å². The average Bonchev–Trinajstić information content (AvgIpc) is 3.03. The molecule has 2 heterocycles. The fraction of sp³-hybridized carbons (Fsp3) is 0.778. The van der Waals surface area contributed by atoms with E-state index in [1.165, 1.54) is 32.1 Å². The number of rotatable bonds is 6. The van der Waals surface area contributed by atoms with Crippen molar-refractivity contribution in [3.8, 4) is 0 Å². The van der Waals surface area contributed by atoms with Crippen molar-refractivity contribution in [2.45, 2.75) is 51.6 Å². The van der Waals surface area contributed by atoms with E-state index in [9.17, 15) is 4.79 Å². The van der Waals surface area contributed by atoms with Crippen LogP contribution in [0.4, 0.5) is 0 Å². The number of ether oxygens (including phenoxy) is 1. The predicted octanol–water partition coefficient (Wildman–Crippen LogP) is 2.90. The van der Waals surface area contributed by atoms with Crippen LogP contribution in [0.25, 0.3) is 0 Å². The molecule has 1 amide bonds. The first-order valence-corrected chi connectivity index (χ1v) is 10.1. The van der Waals surface area contributed by atoms with Crippen LogP contribution in [0, 0.1) is 5.92 Å². The van der Waals surface area contributed by atoms with Crippen molar-refractivity contribution in [3.05, 3.63) is 16.1 Å². The number of hydrogen-bond acceptors (Lipinski definition) is 5. The van der Waals surface area contributed by atoms with E-state index in [4.69, 9.17) is 9.72 Å². The maximum atomic E-state index is 12.4. The van der Waals surface area contributed by atoms with Gasteiger partial charge in [0.2, 0.25) is 5.91 Å². The Morgan fingerprint density at radius 2 is 2.08 bits per heavy atom. The highest BCUT2D eigenvalue weighted by Crippen LogP contribution is 2.27. The molecule has 0 N–H and O–H groups in total. The normalized spacial score (nSPS) is 20.2. The molecule has 0 atom stereocenters. The summed E-state index contributed by atoms with van der Waals surface area (Å²) in [6, 6.07) is 0. The number of thiazole rings is 1. The van der Waals surface area contributed by atoms with Crippen LogP contribution in [-0.2, 0) is 22.6 Å². The lowest BCUT2D eigenvalue weighted by molar-refractivity contribution is -0.131. The van der Waals surface area contributed by atoms with E-state index >= 15 is 0 Å². The zero-order chi connectivity index (χ0) is 16.8. The minimum absolute atomic E-state index is 0.268. The van der Waals surface area contributed by atoms with E-state index in [1.54, 1.807) is 11.3 Å². The molecule has 1 aliphatic carbocycles. The summed E-state index contributed by atoms with van der Waals surface area (Å²) in [7, 11) is 1.91. The topological polar surface area (TPSA) is 45.7 Å². The Balaban J connectivity index is 1.45. The fourth-order valence-electron chi connectivity index (χ4n) is 3.57. The van der Waals surface area contributed by atoms with E-state index in [0.717, 1.165) is 43.5 Å². The van der Waals surface area contributed by atoms with Crippen LogP contribution in [0.1, 0.15) is 49.2 Å². The van der Waals surface area contributed by atoms with Crippen molar-refractivity contribution in [3.63, 3.8) is 0 Å². The van der Waals surface area contributed by atoms with E-state index in [0.29, 0.717) is 18.9 Å². The van der Waals surface area contributed by atoms with Crippen molar-refractivity contribution in [2.24, 2.45) is 5.92 Å². The second-order valence-electron chi connectivity index (χ2n) is 7.08.